The van der Waals surface area contributed by atoms with Crippen LogP contribution in [0, 0.1) is 0 Å². The first-order chi connectivity index (χ1) is 5.71. The Balaban J connectivity index is 3.81. The molecule has 0 aromatic rings. The highest BCUT2D eigenvalue weighted by Crippen LogP contribution is 2.12. The molecule has 0 aromatic heterocycles. The van der Waals surface area contributed by atoms with Crippen LogP contribution in [0.2, 0.25) is 39.3 Å². The number of thioether (sulfide) groups is 1. The zero-order valence-electron chi connectivity index (χ0n) is 9.72. The molecule has 0 aliphatic rings. The third-order valence-electron chi connectivity index (χ3n) is 1.29. The summed E-state index contributed by atoms with van der Waals surface area (Å²) in [6.07, 6.45) is 0. The number of rotatable bonds is 4. The largest absolute Gasteiger partial charge is 0.108 e. The van der Waals surface area contributed by atoms with Crippen LogP contribution in [0.4, 0.5) is 0 Å². The van der Waals surface area contributed by atoms with E-state index in [4.69, 9.17) is 0 Å². The topological polar surface area (TPSA) is 0 Å². The molecule has 0 aliphatic heterocycles. The summed E-state index contributed by atoms with van der Waals surface area (Å²) in [6.45, 7) is 14.1. The van der Waals surface area contributed by atoms with Crippen LogP contribution < -0.4 is 0 Å². The van der Waals surface area contributed by atoms with E-state index >= 15 is 0 Å². The van der Waals surface area contributed by atoms with E-state index in [2.05, 4.69) is 61.5 Å². The lowest BCUT2D eigenvalue weighted by atomic mass is 11.2. The van der Waals surface area contributed by atoms with E-state index in [1.807, 2.05) is 11.8 Å². The number of hydrogen-bond acceptors (Lipinski definition) is 1. The molecule has 0 radical (unpaired) electrons. The Kier molecular flexibility index (Phi) is 5.33. The molecule has 0 heterocycles. The molecule has 13 heavy (non-hydrogen) atoms. The Morgan fingerprint density at radius 1 is 0.692 bits per heavy atom. The van der Waals surface area contributed by atoms with Crippen molar-refractivity contribution in [1.29, 1.82) is 0 Å². The summed E-state index contributed by atoms with van der Waals surface area (Å²) in [5.41, 5.74) is 4.76. The van der Waals surface area contributed by atoms with E-state index < -0.39 is 16.1 Å². The first-order valence-electron chi connectivity index (χ1n) is 4.72. The zero-order valence-corrected chi connectivity index (χ0v) is 12.5. The van der Waals surface area contributed by atoms with Crippen LogP contribution in [0.3, 0.4) is 0 Å². The first kappa shape index (κ1) is 13.3. The van der Waals surface area contributed by atoms with Gasteiger partial charge in [-0.1, -0.05) is 50.7 Å². The molecular weight excluding hydrogens is 208 g/mol. The van der Waals surface area contributed by atoms with Crippen molar-refractivity contribution in [2.45, 2.75) is 39.3 Å². The summed E-state index contributed by atoms with van der Waals surface area (Å²) in [5.74, 6) is 0. The van der Waals surface area contributed by atoms with Crippen molar-refractivity contribution >= 4 is 27.9 Å². The van der Waals surface area contributed by atoms with Gasteiger partial charge in [-0.3, -0.25) is 0 Å². The quantitative estimate of drug-likeness (QED) is 0.641. The van der Waals surface area contributed by atoms with Gasteiger partial charge in [0.1, 0.15) is 0 Å². The van der Waals surface area contributed by atoms with E-state index in [9.17, 15) is 0 Å². The summed E-state index contributed by atoms with van der Waals surface area (Å²) >= 11 is 1.82. The van der Waals surface area contributed by atoms with Gasteiger partial charge in [0, 0.05) is 0 Å². The first-order valence-corrected chi connectivity index (χ1v) is 12.8. The fourth-order valence-corrected chi connectivity index (χ4v) is 4.52. The molecule has 0 spiro atoms. The molecule has 0 aliphatic carbocycles. The van der Waals surface area contributed by atoms with Crippen LogP contribution >= 0.6 is 11.8 Å². The highest BCUT2D eigenvalue weighted by atomic mass is 32.2. The number of hydrogen-bond donors (Lipinski definition) is 0. The normalized spacial score (nSPS) is 14.6. The Hall–Kier alpha value is 0.264. The SMILES string of the molecule is C[Si](C)(C)/C=C/S/C=C/[Si](C)(C)C. The van der Waals surface area contributed by atoms with Crippen LogP contribution in [0.5, 0.6) is 0 Å². The van der Waals surface area contributed by atoms with E-state index in [1.165, 1.54) is 0 Å². The van der Waals surface area contributed by atoms with Crippen molar-refractivity contribution in [1.82, 2.24) is 0 Å². The van der Waals surface area contributed by atoms with Gasteiger partial charge >= 0.3 is 0 Å². The summed E-state index contributed by atoms with van der Waals surface area (Å²) in [4.78, 5) is 0. The van der Waals surface area contributed by atoms with Gasteiger partial charge in [0.15, 0.2) is 0 Å². The van der Waals surface area contributed by atoms with Gasteiger partial charge in [0.25, 0.3) is 0 Å². The lowest BCUT2D eigenvalue weighted by molar-refractivity contribution is 1.78. The maximum atomic E-state index is 2.38. The average molecular weight is 231 g/mol. The van der Waals surface area contributed by atoms with Gasteiger partial charge in [0.2, 0.25) is 0 Å². The maximum Gasteiger partial charge on any atom is 0.0693 e. The molecule has 0 unspecified atom stereocenters. The van der Waals surface area contributed by atoms with Crippen LogP contribution in [-0.2, 0) is 0 Å². The predicted octanol–water partition coefficient (Wildman–Crippen LogP) is 4.50. The molecule has 0 rings (SSSR count). The second-order valence-corrected chi connectivity index (χ2v) is 16.4. The fourth-order valence-electron chi connectivity index (χ4n) is 0.532. The van der Waals surface area contributed by atoms with E-state index in [0.717, 1.165) is 0 Å². The fraction of sp³-hybridized carbons (Fsp3) is 0.600. The van der Waals surface area contributed by atoms with Gasteiger partial charge in [-0.05, 0) is 10.8 Å². The van der Waals surface area contributed by atoms with Crippen LogP contribution in [0.15, 0.2) is 22.2 Å². The van der Waals surface area contributed by atoms with Crippen molar-refractivity contribution in [3.63, 3.8) is 0 Å². The van der Waals surface area contributed by atoms with Crippen LogP contribution in [0.1, 0.15) is 0 Å². The van der Waals surface area contributed by atoms with Crippen molar-refractivity contribution in [3.8, 4) is 0 Å². The van der Waals surface area contributed by atoms with E-state index in [0.29, 0.717) is 0 Å². The molecule has 0 aromatic carbocycles. The Morgan fingerprint density at radius 2 is 1.00 bits per heavy atom. The van der Waals surface area contributed by atoms with Gasteiger partial charge < -0.3 is 0 Å². The molecule has 0 bridgehead atoms. The molecule has 0 nitrogen and oxygen atoms in total. The minimum Gasteiger partial charge on any atom is -0.108 e. The van der Waals surface area contributed by atoms with Crippen LogP contribution in [-0.4, -0.2) is 16.1 Å². The average Bonchev–Trinajstić information content (AvgIpc) is 1.81. The lowest BCUT2D eigenvalue weighted by Crippen LogP contribution is -2.15. The molecule has 0 atom stereocenters. The van der Waals surface area contributed by atoms with Crippen molar-refractivity contribution in [3.05, 3.63) is 22.2 Å². The van der Waals surface area contributed by atoms with Gasteiger partial charge in [-0.2, -0.15) is 0 Å². The Bertz CT molecular complexity index is 172. The van der Waals surface area contributed by atoms with Gasteiger partial charge in [0.05, 0.1) is 16.1 Å². The van der Waals surface area contributed by atoms with Crippen molar-refractivity contribution in [2.24, 2.45) is 0 Å². The summed E-state index contributed by atoms with van der Waals surface area (Å²) < 4.78 is 0. The highest BCUT2D eigenvalue weighted by Gasteiger charge is 2.07. The monoisotopic (exact) mass is 230 g/mol. The van der Waals surface area contributed by atoms with E-state index in [1.54, 1.807) is 0 Å². The molecule has 76 valence electrons. The molecule has 0 N–H and O–H groups in total. The lowest BCUT2D eigenvalue weighted by Gasteiger charge is -2.08. The second kappa shape index (κ2) is 5.22. The second-order valence-electron chi connectivity index (χ2n) is 5.47. The molecular formula is C10H22SSi2. The minimum atomic E-state index is -0.977. The molecule has 3 heteroatoms. The van der Waals surface area contributed by atoms with Crippen molar-refractivity contribution < 1.29 is 0 Å². The molecule has 0 amide bonds. The molecule has 0 fully saturated rings. The highest BCUT2D eigenvalue weighted by molar-refractivity contribution is 8.05. The smallest absolute Gasteiger partial charge is 0.0693 e. The van der Waals surface area contributed by atoms with Gasteiger partial charge in [-0.15, -0.1) is 11.8 Å². The van der Waals surface area contributed by atoms with Gasteiger partial charge in [-0.25, -0.2) is 0 Å². The minimum absolute atomic E-state index is 0.977. The van der Waals surface area contributed by atoms with Crippen molar-refractivity contribution in [2.75, 3.05) is 0 Å². The summed E-state index contributed by atoms with van der Waals surface area (Å²) in [6, 6.07) is 0. The predicted molar refractivity (Wildman–Crippen MR) is 72.6 cm³/mol. The maximum absolute atomic E-state index is 2.38. The summed E-state index contributed by atoms with van der Waals surface area (Å²) in [7, 11) is -1.95. The Labute approximate surface area is 89.5 Å². The standard InChI is InChI=1S/C10H22SSi2/c1-12(2,3)9-7-11-8-10-13(4,5)6/h7-10H,1-6H3/b9-7+,10-8+. The molecule has 0 saturated carbocycles. The molecule has 0 saturated heterocycles. The zero-order chi connectivity index (χ0) is 10.5. The summed E-state index contributed by atoms with van der Waals surface area (Å²) in [5, 5.41) is 4.48. The van der Waals surface area contributed by atoms with Crippen LogP contribution in [0.25, 0.3) is 0 Å². The Morgan fingerprint density at radius 3 is 1.23 bits per heavy atom. The third kappa shape index (κ3) is 12.3. The third-order valence-corrected chi connectivity index (χ3v) is 4.70. The van der Waals surface area contributed by atoms with E-state index in [-0.39, 0.29) is 0 Å².